The van der Waals surface area contributed by atoms with Crippen LogP contribution in [0.2, 0.25) is 10.0 Å². The first-order valence-corrected chi connectivity index (χ1v) is 7.78. The van der Waals surface area contributed by atoms with Crippen LogP contribution in [-0.2, 0) is 6.54 Å². The summed E-state index contributed by atoms with van der Waals surface area (Å²) in [6, 6.07) is 17.0. The van der Waals surface area contributed by atoms with Crippen molar-refractivity contribution in [1.82, 2.24) is 9.97 Å². The number of halogens is 2. The van der Waals surface area contributed by atoms with Crippen molar-refractivity contribution < 1.29 is 0 Å². The van der Waals surface area contributed by atoms with Crippen molar-refractivity contribution >= 4 is 40.5 Å². The van der Waals surface area contributed by atoms with E-state index in [0.29, 0.717) is 17.4 Å². The highest BCUT2D eigenvalue weighted by atomic mass is 35.5. The molecule has 0 saturated heterocycles. The van der Waals surface area contributed by atoms with Crippen LogP contribution in [0.1, 0.15) is 5.56 Å². The van der Waals surface area contributed by atoms with Crippen LogP contribution in [0.25, 0.3) is 0 Å². The Labute approximate surface area is 144 Å². The molecule has 0 aliphatic heterocycles. The van der Waals surface area contributed by atoms with Crippen molar-refractivity contribution in [3.05, 3.63) is 76.5 Å². The van der Waals surface area contributed by atoms with E-state index >= 15 is 0 Å². The van der Waals surface area contributed by atoms with Crippen LogP contribution in [0, 0.1) is 0 Å². The van der Waals surface area contributed by atoms with E-state index in [9.17, 15) is 0 Å². The quantitative estimate of drug-likeness (QED) is 0.672. The second kappa shape index (κ2) is 7.31. The first-order valence-electron chi connectivity index (χ1n) is 7.02. The Morgan fingerprint density at radius 3 is 2.39 bits per heavy atom. The Morgan fingerprint density at radius 2 is 1.61 bits per heavy atom. The SMILES string of the molecule is Clc1ccc(CNc2cc(Nc3ccccc3Cl)ncn2)cc1. The monoisotopic (exact) mass is 344 g/mol. The number of para-hydroxylation sites is 1. The summed E-state index contributed by atoms with van der Waals surface area (Å²) in [4.78, 5) is 8.42. The summed E-state index contributed by atoms with van der Waals surface area (Å²) >= 11 is 12.0. The van der Waals surface area contributed by atoms with Crippen molar-refractivity contribution in [3.63, 3.8) is 0 Å². The lowest BCUT2D eigenvalue weighted by Gasteiger charge is -2.09. The van der Waals surface area contributed by atoms with Gasteiger partial charge in [0, 0.05) is 17.6 Å². The fraction of sp³-hybridized carbons (Fsp3) is 0.0588. The maximum Gasteiger partial charge on any atom is 0.135 e. The van der Waals surface area contributed by atoms with Crippen molar-refractivity contribution in [2.24, 2.45) is 0 Å². The fourth-order valence-electron chi connectivity index (χ4n) is 2.02. The lowest BCUT2D eigenvalue weighted by molar-refractivity contribution is 1.08. The summed E-state index contributed by atoms with van der Waals surface area (Å²) in [7, 11) is 0. The molecule has 1 aromatic heterocycles. The van der Waals surface area contributed by atoms with Gasteiger partial charge in [0.25, 0.3) is 0 Å². The van der Waals surface area contributed by atoms with E-state index in [0.717, 1.165) is 22.1 Å². The minimum absolute atomic E-state index is 0.641. The smallest absolute Gasteiger partial charge is 0.135 e. The second-order valence-corrected chi connectivity index (χ2v) is 5.72. The molecule has 6 heteroatoms. The summed E-state index contributed by atoms with van der Waals surface area (Å²) in [6.45, 7) is 0.652. The average Bonchev–Trinajstić information content (AvgIpc) is 2.57. The molecular formula is C17H14Cl2N4. The molecule has 116 valence electrons. The largest absolute Gasteiger partial charge is 0.366 e. The van der Waals surface area contributed by atoms with E-state index in [2.05, 4.69) is 20.6 Å². The van der Waals surface area contributed by atoms with E-state index in [4.69, 9.17) is 23.2 Å². The minimum atomic E-state index is 0.641. The first-order chi connectivity index (χ1) is 11.2. The zero-order valence-corrected chi connectivity index (χ0v) is 13.6. The molecule has 0 aliphatic carbocycles. The molecule has 1 heterocycles. The van der Waals surface area contributed by atoms with Gasteiger partial charge in [-0.25, -0.2) is 9.97 Å². The van der Waals surface area contributed by atoms with Gasteiger partial charge in [0.15, 0.2) is 0 Å². The predicted octanol–water partition coefficient (Wildman–Crippen LogP) is 5.14. The Bertz CT molecular complexity index is 791. The molecule has 2 N–H and O–H groups in total. The number of nitrogens with one attached hydrogen (secondary N) is 2. The molecule has 0 atom stereocenters. The van der Waals surface area contributed by atoms with Gasteiger partial charge in [-0.3, -0.25) is 0 Å². The van der Waals surface area contributed by atoms with Crippen LogP contribution in [-0.4, -0.2) is 9.97 Å². The van der Waals surface area contributed by atoms with E-state index in [1.54, 1.807) is 0 Å². The molecule has 4 nitrogen and oxygen atoms in total. The number of hydrogen-bond donors (Lipinski definition) is 2. The zero-order chi connectivity index (χ0) is 16.1. The van der Waals surface area contributed by atoms with Gasteiger partial charge in [-0.1, -0.05) is 47.5 Å². The number of aromatic nitrogens is 2. The standard InChI is InChI=1S/C17H14Cl2N4/c18-13-7-5-12(6-8-13)10-20-16-9-17(22-11-21-16)23-15-4-2-1-3-14(15)19/h1-9,11H,10H2,(H2,20,21,22,23). The predicted molar refractivity (Wildman–Crippen MR) is 95.5 cm³/mol. The Hall–Kier alpha value is -2.30. The molecule has 23 heavy (non-hydrogen) atoms. The number of nitrogens with zero attached hydrogens (tertiary/aromatic N) is 2. The molecule has 0 bridgehead atoms. The summed E-state index contributed by atoms with van der Waals surface area (Å²) in [6.07, 6.45) is 1.50. The molecule has 0 unspecified atom stereocenters. The van der Waals surface area contributed by atoms with Crippen LogP contribution in [0.15, 0.2) is 60.9 Å². The summed E-state index contributed by atoms with van der Waals surface area (Å²) < 4.78 is 0. The van der Waals surface area contributed by atoms with Crippen LogP contribution in [0.3, 0.4) is 0 Å². The molecule has 0 amide bonds. The summed E-state index contributed by atoms with van der Waals surface area (Å²) in [5.74, 6) is 1.40. The third-order valence-corrected chi connectivity index (χ3v) is 3.77. The molecule has 0 radical (unpaired) electrons. The summed E-state index contributed by atoms with van der Waals surface area (Å²) in [5.41, 5.74) is 1.92. The maximum absolute atomic E-state index is 6.14. The molecule has 2 aromatic carbocycles. The van der Waals surface area contributed by atoms with Crippen LogP contribution in [0.4, 0.5) is 17.3 Å². The highest BCUT2D eigenvalue weighted by Gasteiger charge is 2.03. The highest BCUT2D eigenvalue weighted by molar-refractivity contribution is 6.33. The molecule has 0 fully saturated rings. The molecule has 3 aromatic rings. The third kappa shape index (κ3) is 4.34. The van der Waals surface area contributed by atoms with Gasteiger partial charge in [0.05, 0.1) is 10.7 Å². The van der Waals surface area contributed by atoms with Crippen LogP contribution < -0.4 is 10.6 Å². The van der Waals surface area contributed by atoms with Crippen molar-refractivity contribution in [3.8, 4) is 0 Å². The van der Waals surface area contributed by atoms with E-state index in [-0.39, 0.29) is 0 Å². The normalized spacial score (nSPS) is 10.3. The van der Waals surface area contributed by atoms with Gasteiger partial charge < -0.3 is 10.6 Å². The average molecular weight is 345 g/mol. The topological polar surface area (TPSA) is 49.8 Å². The Morgan fingerprint density at radius 1 is 0.870 bits per heavy atom. The van der Waals surface area contributed by atoms with Crippen molar-refractivity contribution in [2.45, 2.75) is 6.54 Å². The van der Waals surface area contributed by atoms with E-state index in [1.165, 1.54) is 6.33 Å². The molecule has 0 spiro atoms. The Kier molecular flexibility index (Phi) is 4.95. The van der Waals surface area contributed by atoms with Crippen LogP contribution >= 0.6 is 23.2 Å². The third-order valence-electron chi connectivity index (χ3n) is 3.19. The van der Waals surface area contributed by atoms with Gasteiger partial charge in [-0.05, 0) is 29.8 Å². The number of hydrogen-bond acceptors (Lipinski definition) is 4. The maximum atomic E-state index is 6.14. The van der Waals surface area contributed by atoms with Gasteiger partial charge in [0.1, 0.15) is 18.0 Å². The molecular weight excluding hydrogens is 331 g/mol. The first kappa shape index (κ1) is 15.6. The molecule has 0 saturated carbocycles. The molecule has 3 rings (SSSR count). The number of rotatable bonds is 5. The zero-order valence-electron chi connectivity index (χ0n) is 12.1. The van der Waals surface area contributed by atoms with Crippen molar-refractivity contribution in [1.29, 1.82) is 0 Å². The van der Waals surface area contributed by atoms with Gasteiger partial charge >= 0.3 is 0 Å². The van der Waals surface area contributed by atoms with E-state index < -0.39 is 0 Å². The van der Waals surface area contributed by atoms with Gasteiger partial charge in [-0.15, -0.1) is 0 Å². The van der Waals surface area contributed by atoms with Gasteiger partial charge in [0.2, 0.25) is 0 Å². The van der Waals surface area contributed by atoms with Gasteiger partial charge in [-0.2, -0.15) is 0 Å². The summed E-state index contributed by atoms with van der Waals surface area (Å²) in [5, 5.41) is 7.80. The lowest BCUT2D eigenvalue weighted by Crippen LogP contribution is -2.03. The second-order valence-electron chi connectivity index (χ2n) is 4.87. The lowest BCUT2D eigenvalue weighted by atomic mass is 10.2. The van der Waals surface area contributed by atoms with E-state index in [1.807, 2.05) is 54.6 Å². The van der Waals surface area contributed by atoms with Crippen LogP contribution in [0.5, 0.6) is 0 Å². The number of anilines is 3. The highest BCUT2D eigenvalue weighted by Crippen LogP contribution is 2.24. The fourth-order valence-corrected chi connectivity index (χ4v) is 2.33. The van der Waals surface area contributed by atoms with Crippen molar-refractivity contribution in [2.75, 3.05) is 10.6 Å². The Balaban J connectivity index is 1.67. The number of benzene rings is 2. The minimum Gasteiger partial charge on any atom is -0.366 e. The molecule has 0 aliphatic rings.